The number of rotatable bonds is 2. The van der Waals surface area contributed by atoms with Crippen LogP contribution in [0.2, 0.25) is 0 Å². The number of alkyl halides is 1. The molecule has 0 bridgehead atoms. The van der Waals surface area contributed by atoms with Crippen LogP contribution in [-0.4, -0.2) is 56.4 Å². The van der Waals surface area contributed by atoms with Gasteiger partial charge in [0.25, 0.3) is 0 Å². The van der Waals surface area contributed by atoms with Crippen LogP contribution in [0.15, 0.2) is 11.0 Å². The summed E-state index contributed by atoms with van der Waals surface area (Å²) in [6, 6.07) is 0. The molecule has 0 radical (unpaired) electrons. The van der Waals surface area contributed by atoms with Crippen LogP contribution < -0.4 is 0 Å². The van der Waals surface area contributed by atoms with Gasteiger partial charge in [0.15, 0.2) is 5.06 Å². The number of thiazole rings is 1. The number of hydrogen-bond donors (Lipinski definition) is 2. The van der Waals surface area contributed by atoms with Crippen LogP contribution in [0.1, 0.15) is 77.4 Å². The van der Waals surface area contributed by atoms with E-state index in [-0.39, 0.29) is 24.2 Å². The maximum absolute atomic E-state index is 13.2. The van der Waals surface area contributed by atoms with Gasteiger partial charge in [0, 0.05) is 17.7 Å². The van der Waals surface area contributed by atoms with E-state index >= 15 is 0 Å². The molecule has 1 aromatic heterocycles. The number of esters is 1. The number of epoxide rings is 1. The summed E-state index contributed by atoms with van der Waals surface area (Å²) in [4.78, 5) is 30.5. The average molecular weight is 528 g/mol. The fourth-order valence-electron chi connectivity index (χ4n) is 4.80. The standard InChI is InChI=1S/C26H38ClNO6S/c1-14-8-7-9-26(27)21(34-26)11-19(15(2)10-18-13-35-17(4)28-18)33-22(30)12-20(29)25(5,6)24(32)16(3)23(14)31/h10,13-14,16,19-21,23,29,31H,7-9,11-12H2,1-6H3/b15-10+/t14-,16+,19-,20-,21?,23-,26?/m0/s1. The highest BCUT2D eigenvalue weighted by atomic mass is 35.5. The molecular formula is C26H38ClNO6S. The number of carbonyl (C=O) groups excluding carboxylic acids is 2. The van der Waals surface area contributed by atoms with Crippen LogP contribution in [0.4, 0.5) is 0 Å². The van der Waals surface area contributed by atoms with Gasteiger partial charge in [0.2, 0.25) is 0 Å². The third kappa shape index (κ3) is 6.72. The predicted molar refractivity (Wildman–Crippen MR) is 136 cm³/mol. The molecule has 0 aliphatic carbocycles. The Kier molecular flexibility index (Phi) is 8.86. The molecule has 0 spiro atoms. The van der Waals surface area contributed by atoms with E-state index in [9.17, 15) is 19.8 Å². The maximum atomic E-state index is 13.2. The molecule has 35 heavy (non-hydrogen) atoms. The first kappa shape index (κ1) is 28.3. The third-order valence-electron chi connectivity index (χ3n) is 7.50. The molecule has 1 aromatic rings. The van der Waals surface area contributed by atoms with Crippen LogP contribution in [0, 0.1) is 24.2 Å². The average Bonchev–Trinajstić information content (AvgIpc) is 3.22. The van der Waals surface area contributed by atoms with Crippen molar-refractivity contribution in [3.05, 3.63) is 21.7 Å². The normalized spacial score (nSPS) is 37.5. The Balaban J connectivity index is 1.85. The van der Waals surface area contributed by atoms with Crippen molar-refractivity contribution in [1.29, 1.82) is 0 Å². The predicted octanol–water partition coefficient (Wildman–Crippen LogP) is 4.65. The number of fused-ring (bicyclic) bond motifs is 1. The van der Waals surface area contributed by atoms with E-state index in [0.29, 0.717) is 19.3 Å². The van der Waals surface area contributed by atoms with Gasteiger partial charge in [-0.2, -0.15) is 0 Å². The molecule has 2 N–H and O–H groups in total. The molecule has 3 rings (SSSR count). The fourth-order valence-corrected chi connectivity index (χ4v) is 5.70. The number of carbonyl (C=O) groups is 2. The van der Waals surface area contributed by atoms with Crippen molar-refractivity contribution in [2.45, 2.75) is 103 Å². The van der Waals surface area contributed by atoms with E-state index in [1.54, 1.807) is 20.8 Å². The summed E-state index contributed by atoms with van der Waals surface area (Å²) in [5.74, 6) is -1.71. The van der Waals surface area contributed by atoms with Gasteiger partial charge in [-0.3, -0.25) is 9.59 Å². The molecule has 2 unspecified atom stereocenters. The Labute approximate surface area is 216 Å². The molecule has 2 saturated heterocycles. The Hall–Kier alpha value is -1.32. The molecule has 0 amide bonds. The lowest BCUT2D eigenvalue weighted by Crippen LogP contribution is -2.45. The van der Waals surface area contributed by atoms with E-state index in [2.05, 4.69) is 4.98 Å². The first-order valence-corrected chi connectivity index (χ1v) is 13.6. The number of hydrogen-bond acceptors (Lipinski definition) is 8. The van der Waals surface area contributed by atoms with Crippen molar-refractivity contribution < 1.29 is 29.3 Å². The van der Waals surface area contributed by atoms with Crippen molar-refractivity contribution in [2.75, 3.05) is 0 Å². The zero-order valence-corrected chi connectivity index (χ0v) is 23.0. The molecule has 0 aromatic carbocycles. The quantitative estimate of drug-likeness (QED) is 0.327. The Bertz CT molecular complexity index is 961. The van der Waals surface area contributed by atoms with Crippen molar-refractivity contribution >= 4 is 40.8 Å². The van der Waals surface area contributed by atoms with Gasteiger partial charge in [-0.15, -0.1) is 11.3 Å². The summed E-state index contributed by atoms with van der Waals surface area (Å²) < 4.78 is 11.6. The third-order valence-corrected chi connectivity index (χ3v) is 8.81. The zero-order chi connectivity index (χ0) is 26.1. The highest BCUT2D eigenvalue weighted by Crippen LogP contribution is 2.48. The largest absolute Gasteiger partial charge is 0.458 e. The summed E-state index contributed by atoms with van der Waals surface area (Å²) in [7, 11) is 0. The molecule has 2 aliphatic heterocycles. The summed E-state index contributed by atoms with van der Waals surface area (Å²) >= 11 is 8.23. The number of ketones is 1. The van der Waals surface area contributed by atoms with Crippen molar-refractivity contribution in [1.82, 2.24) is 4.98 Å². The number of aliphatic hydroxyl groups excluding tert-OH is 2. The van der Waals surface area contributed by atoms with Crippen molar-refractivity contribution in [2.24, 2.45) is 17.3 Å². The molecule has 9 heteroatoms. The van der Waals surface area contributed by atoms with Crippen LogP contribution >= 0.6 is 22.9 Å². The highest BCUT2D eigenvalue weighted by molar-refractivity contribution is 7.09. The first-order chi connectivity index (χ1) is 16.2. The minimum Gasteiger partial charge on any atom is -0.458 e. The Morgan fingerprint density at radius 3 is 2.60 bits per heavy atom. The lowest BCUT2D eigenvalue weighted by atomic mass is 9.73. The lowest BCUT2D eigenvalue weighted by Gasteiger charge is -2.34. The topological polar surface area (TPSA) is 109 Å². The molecule has 0 saturated carbocycles. The monoisotopic (exact) mass is 527 g/mol. The zero-order valence-electron chi connectivity index (χ0n) is 21.4. The van der Waals surface area contributed by atoms with Gasteiger partial charge < -0.3 is 19.7 Å². The van der Waals surface area contributed by atoms with Gasteiger partial charge >= 0.3 is 5.97 Å². The number of Topliss-reactive ketones (excluding diaryl/α,β-unsaturated/α-hetero) is 1. The van der Waals surface area contributed by atoms with Crippen LogP contribution in [0.25, 0.3) is 6.08 Å². The maximum Gasteiger partial charge on any atom is 0.309 e. The number of aliphatic hydroxyl groups is 2. The number of ether oxygens (including phenoxy) is 2. The fraction of sp³-hybridized carbons (Fsp3) is 0.731. The highest BCUT2D eigenvalue weighted by Gasteiger charge is 2.55. The Morgan fingerprint density at radius 2 is 1.97 bits per heavy atom. The second-order valence-electron chi connectivity index (χ2n) is 10.7. The smallest absolute Gasteiger partial charge is 0.309 e. The van der Waals surface area contributed by atoms with Crippen molar-refractivity contribution in [3.63, 3.8) is 0 Å². The van der Waals surface area contributed by atoms with E-state index in [4.69, 9.17) is 21.1 Å². The summed E-state index contributed by atoms with van der Waals surface area (Å²) in [5.41, 5.74) is 0.365. The summed E-state index contributed by atoms with van der Waals surface area (Å²) in [6.45, 7) is 10.6. The minimum atomic E-state index is -1.25. The number of cyclic esters (lactones) is 1. The van der Waals surface area contributed by atoms with E-state index in [1.807, 2.05) is 32.2 Å². The molecular weight excluding hydrogens is 490 g/mol. The Morgan fingerprint density at radius 1 is 1.29 bits per heavy atom. The second-order valence-corrected chi connectivity index (χ2v) is 12.4. The molecule has 2 fully saturated rings. The second kappa shape index (κ2) is 11.0. The van der Waals surface area contributed by atoms with Crippen LogP contribution in [-0.2, 0) is 19.1 Å². The van der Waals surface area contributed by atoms with Crippen LogP contribution in [0.3, 0.4) is 0 Å². The molecule has 7 nitrogen and oxygen atoms in total. The number of nitrogens with zero attached hydrogens (tertiary/aromatic N) is 1. The number of aromatic nitrogens is 1. The number of aryl methyl sites for hydroxylation is 1. The van der Waals surface area contributed by atoms with Gasteiger partial charge in [0.05, 0.1) is 34.7 Å². The lowest BCUT2D eigenvalue weighted by molar-refractivity contribution is -0.154. The molecule has 196 valence electrons. The minimum absolute atomic E-state index is 0.128. The summed E-state index contributed by atoms with van der Waals surface area (Å²) in [5, 5.41) is 23.7. The molecule has 3 heterocycles. The molecule has 2 aliphatic rings. The van der Waals surface area contributed by atoms with E-state index < -0.39 is 40.7 Å². The summed E-state index contributed by atoms with van der Waals surface area (Å²) in [6.07, 6.45) is 0.937. The van der Waals surface area contributed by atoms with E-state index in [0.717, 1.165) is 22.7 Å². The van der Waals surface area contributed by atoms with Gasteiger partial charge in [0.1, 0.15) is 18.0 Å². The number of halogens is 1. The van der Waals surface area contributed by atoms with Crippen molar-refractivity contribution in [3.8, 4) is 0 Å². The SMILES string of the molecule is C/C(=C\c1csc(C)n1)[C@@H]1CC2OC2(Cl)CCC[C@H](C)[C@H](O)[C@@H](C)C(=O)C(C)(C)[C@@H](O)CC(=O)O1. The molecule has 7 atom stereocenters. The van der Waals surface area contributed by atoms with Gasteiger partial charge in [-0.25, -0.2) is 4.98 Å². The first-order valence-electron chi connectivity index (χ1n) is 12.3. The van der Waals surface area contributed by atoms with E-state index in [1.165, 1.54) is 11.3 Å². The van der Waals surface area contributed by atoms with Gasteiger partial charge in [-0.05, 0) is 50.7 Å². The van der Waals surface area contributed by atoms with Crippen LogP contribution in [0.5, 0.6) is 0 Å². The van der Waals surface area contributed by atoms with Gasteiger partial charge in [-0.1, -0.05) is 39.3 Å².